The van der Waals surface area contributed by atoms with E-state index in [0.29, 0.717) is 11.8 Å². The summed E-state index contributed by atoms with van der Waals surface area (Å²) in [6.45, 7) is 7.57. The van der Waals surface area contributed by atoms with Crippen molar-refractivity contribution in [1.29, 1.82) is 0 Å². The number of benzene rings is 1. The lowest BCUT2D eigenvalue weighted by Crippen LogP contribution is -2.18. The Morgan fingerprint density at radius 3 is 2.86 bits per heavy atom. The molecular formula is C13H18O. The Morgan fingerprint density at radius 1 is 1.36 bits per heavy atom. The minimum Gasteiger partial charge on any atom is -0.493 e. The molecule has 1 atom stereocenters. The molecule has 0 saturated carbocycles. The Morgan fingerprint density at radius 2 is 2.14 bits per heavy atom. The molecule has 1 aliphatic heterocycles. The average molecular weight is 190 g/mol. The van der Waals surface area contributed by atoms with Crippen LogP contribution < -0.4 is 4.74 Å². The van der Waals surface area contributed by atoms with E-state index >= 15 is 0 Å². The molecule has 0 spiro atoms. The van der Waals surface area contributed by atoms with Crippen molar-refractivity contribution in [2.45, 2.75) is 33.1 Å². The highest BCUT2D eigenvalue weighted by atomic mass is 16.5. The highest BCUT2D eigenvalue weighted by molar-refractivity contribution is 5.39. The quantitative estimate of drug-likeness (QED) is 0.659. The molecule has 14 heavy (non-hydrogen) atoms. The standard InChI is InChI=1S/C13H18O/c1-9(2)11-4-5-13-12(7-11)6-10(3)8-14-13/h4-5,7,9-10H,6,8H2,1-3H3. The van der Waals surface area contributed by atoms with Gasteiger partial charge in [0.1, 0.15) is 5.75 Å². The van der Waals surface area contributed by atoms with Crippen molar-refractivity contribution < 1.29 is 4.74 Å². The fourth-order valence-corrected chi connectivity index (χ4v) is 1.93. The van der Waals surface area contributed by atoms with Crippen LogP contribution in [-0.2, 0) is 6.42 Å². The van der Waals surface area contributed by atoms with E-state index in [2.05, 4.69) is 39.0 Å². The van der Waals surface area contributed by atoms with E-state index in [-0.39, 0.29) is 0 Å². The predicted molar refractivity (Wildman–Crippen MR) is 58.9 cm³/mol. The van der Waals surface area contributed by atoms with Gasteiger partial charge in [-0.3, -0.25) is 0 Å². The van der Waals surface area contributed by atoms with Crippen LogP contribution in [-0.4, -0.2) is 6.61 Å². The Labute approximate surface area is 86.1 Å². The number of rotatable bonds is 1. The third-order valence-corrected chi connectivity index (χ3v) is 2.84. The second-order valence-electron chi connectivity index (χ2n) is 4.64. The van der Waals surface area contributed by atoms with E-state index in [9.17, 15) is 0 Å². The highest BCUT2D eigenvalue weighted by Crippen LogP contribution is 2.29. The third-order valence-electron chi connectivity index (χ3n) is 2.84. The lowest BCUT2D eigenvalue weighted by molar-refractivity contribution is 0.234. The average Bonchev–Trinajstić information content (AvgIpc) is 2.16. The van der Waals surface area contributed by atoms with Crippen LogP contribution in [0.25, 0.3) is 0 Å². The van der Waals surface area contributed by atoms with E-state index in [1.54, 1.807) is 0 Å². The van der Waals surface area contributed by atoms with E-state index < -0.39 is 0 Å². The zero-order chi connectivity index (χ0) is 10.1. The van der Waals surface area contributed by atoms with Crippen LogP contribution in [0.3, 0.4) is 0 Å². The van der Waals surface area contributed by atoms with Gasteiger partial charge in [0.15, 0.2) is 0 Å². The normalized spacial score (nSPS) is 20.4. The van der Waals surface area contributed by atoms with E-state index in [1.807, 2.05) is 0 Å². The molecule has 0 aliphatic carbocycles. The summed E-state index contributed by atoms with van der Waals surface area (Å²) in [4.78, 5) is 0. The van der Waals surface area contributed by atoms with Gasteiger partial charge in [0.2, 0.25) is 0 Å². The molecule has 1 heteroatoms. The van der Waals surface area contributed by atoms with Gasteiger partial charge in [-0.15, -0.1) is 0 Å². The molecule has 1 aliphatic rings. The molecule has 76 valence electrons. The van der Waals surface area contributed by atoms with E-state index in [0.717, 1.165) is 18.8 Å². The molecule has 1 aromatic carbocycles. The van der Waals surface area contributed by atoms with Crippen molar-refractivity contribution in [2.24, 2.45) is 5.92 Å². The molecule has 0 bridgehead atoms. The van der Waals surface area contributed by atoms with Crippen molar-refractivity contribution in [3.8, 4) is 5.75 Å². The third kappa shape index (κ3) is 1.77. The lowest BCUT2D eigenvalue weighted by Gasteiger charge is -2.23. The fraction of sp³-hybridized carbons (Fsp3) is 0.538. The van der Waals surface area contributed by atoms with Gasteiger partial charge in [-0.25, -0.2) is 0 Å². The van der Waals surface area contributed by atoms with E-state index in [1.165, 1.54) is 11.1 Å². The SMILES string of the molecule is CC1COc2ccc(C(C)C)cc2C1. The summed E-state index contributed by atoms with van der Waals surface area (Å²) < 4.78 is 5.67. The maximum absolute atomic E-state index is 5.67. The Bertz CT molecular complexity index is 328. The minimum atomic E-state index is 0.609. The van der Waals surface area contributed by atoms with Crippen LogP contribution in [0, 0.1) is 5.92 Å². The summed E-state index contributed by atoms with van der Waals surface area (Å²) in [6.07, 6.45) is 1.16. The number of fused-ring (bicyclic) bond motifs is 1. The summed E-state index contributed by atoms with van der Waals surface area (Å²) in [6, 6.07) is 6.60. The van der Waals surface area contributed by atoms with Gasteiger partial charge in [-0.1, -0.05) is 32.9 Å². The van der Waals surface area contributed by atoms with Crippen LogP contribution in [0.1, 0.15) is 37.8 Å². The topological polar surface area (TPSA) is 9.23 Å². The first-order valence-electron chi connectivity index (χ1n) is 5.42. The molecule has 0 saturated heterocycles. The Hall–Kier alpha value is -0.980. The smallest absolute Gasteiger partial charge is 0.122 e. The number of hydrogen-bond acceptors (Lipinski definition) is 1. The molecule has 0 aromatic heterocycles. The summed E-state index contributed by atoms with van der Waals surface area (Å²) in [5.74, 6) is 2.36. The summed E-state index contributed by atoms with van der Waals surface area (Å²) in [5, 5.41) is 0. The van der Waals surface area contributed by atoms with Crippen LogP contribution >= 0.6 is 0 Å². The maximum atomic E-state index is 5.67. The Balaban J connectivity index is 2.33. The minimum absolute atomic E-state index is 0.609. The van der Waals surface area contributed by atoms with Crippen LogP contribution in [0.15, 0.2) is 18.2 Å². The highest BCUT2D eigenvalue weighted by Gasteiger charge is 2.16. The zero-order valence-electron chi connectivity index (χ0n) is 9.21. The largest absolute Gasteiger partial charge is 0.493 e. The van der Waals surface area contributed by atoms with Crippen molar-refractivity contribution in [3.63, 3.8) is 0 Å². The van der Waals surface area contributed by atoms with Crippen molar-refractivity contribution in [2.75, 3.05) is 6.61 Å². The zero-order valence-corrected chi connectivity index (χ0v) is 9.21. The van der Waals surface area contributed by atoms with E-state index in [4.69, 9.17) is 4.74 Å². The molecule has 2 rings (SSSR count). The molecule has 1 unspecified atom stereocenters. The monoisotopic (exact) mass is 190 g/mol. The van der Waals surface area contributed by atoms with Gasteiger partial charge < -0.3 is 4.74 Å². The van der Waals surface area contributed by atoms with Crippen LogP contribution in [0.4, 0.5) is 0 Å². The number of hydrogen-bond donors (Lipinski definition) is 0. The predicted octanol–water partition coefficient (Wildman–Crippen LogP) is 3.38. The molecule has 0 amide bonds. The second kappa shape index (κ2) is 3.64. The number of ether oxygens (including phenoxy) is 1. The molecule has 1 heterocycles. The van der Waals surface area contributed by atoms with Crippen LogP contribution in [0.5, 0.6) is 5.75 Å². The second-order valence-corrected chi connectivity index (χ2v) is 4.64. The molecule has 0 fully saturated rings. The molecule has 0 radical (unpaired) electrons. The van der Waals surface area contributed by atoms with Crippen molar-refractivity contribution in [1.82, 2.24) is 0 Å². The summed E-state index contributed by atoms with van der Waals surface area (Å²) in [5.41, 5.74) is 2.80. The van der Waals surface area contributed by atoms with Gasteiger partial charge in [0.05, 0.1) is 6.61 Å². The van der Waals surface area contributed by atoms with Gasteiger partial charge in [-0.05, 0) is 35.4 Å². The molecule has 1 nitrogen and oxygen atoms in total. The van der Waals surface area contributed by atoms with Gasteiger partial charge in [0, 0.05) is 0 Å². The molecule has 1 aromatic rings. The first-order chi connectivity index (χ1) is 6.66. The fourth-order valence-electron chi connectivity index (χ4n) is 1.93. The maximum Gasteiger partial charge on any atom is 0.122 e. The Kier molecular flexibility index (Phi) is 2.49. The first kappa shape index (κ1) is 9.57. The molecule has 0 N–H and O–H groups in total. The van der Waals surface area contributed by atoms with Gasteiger partial charge in [0.25, 0.3) is 0 Å². The summed E-state index contributed by atoms with van der Waals surface area (Å²) >= 11 is 0. The van der Waals surface area contributed by atoms with Crippen LogP contribution in [0.2, 0.25) is 0 Å². The van der Waals surface area contributed by atoms with Gasteiger partial charge >= 0.3 is 0 Å². The van der Waals surface area contributed by atoms with Crippen molar-refractivity contribution in [3.05, 3.63) is 29.3 Å². The van der Waals surface area contributed by atoms with Gasteiger partial charge in [-0.2, -0.15) is 0 Å². The van der Waals surface area contributed by atoms with Crippen molar-refractivity contribution >= 4 is 0 Å². The molecular weight excluding hydrogens is 172 g/mol. The lowest BCUT2D eigenvalue weighted by atomic mass is 9.94. The first-order valence-corrected chi connectivity index (χ1v) is 5.42. The summed E-state index contributed by atoms with van der Waals surface area (Å²) in [7, 11) is 0.